The Bertz CT molecular complexity index is 970. The number of ether oxygens (including phenoxy) is 2. The highest BCUT2D eigenvalue weighted by Gasteiger charge is 2.19. The first-order valence-corrected chi connectivity index (χ1v) is 10.0. The molecule has 29 heavy (non-hydrogen) atoms. The lowest BCUT2D eigenvalue weighted by Crippen LogP contribution is -2.38. The van der Waals surface area contributed by atoms with Gasteiger partial charge in [0.15, 0.2) is 6.10 Å². The summed E-state index contributed by atoms with van der Waals surface area (Å²) in [7, 11) is 0. The van der Waals surface area contributed by atoms with Crippen molar-refractivity contribution >= 4 is 16.7 Å². The van der Waals surface area contributed by atoms with Crippen molar-refractivity contribution < 1.29 is 14.3 Å². The van der Waals surface area contributed by atoms with Crippen LogP contribution in [0, 0.1) is 0 Å². The summed E-state index contributed by atoms with van der Waals surface area (Å²) in [6.45, 7) is 9.04. The molecule has 152 valence electrons. The van der Waals surface area contributed by atoms with Gasteiger partial charge in [0, 0.05) is 5.39 Å². The van der Waals surface area contributed by atoms with Crippen LogP contribution in [0.3, 0.4) is 0 Å². The molecule has 0 aliphatic carbocycles. The van der Waals surface area contributed by atoms with Gasteiger partial charge >= 0.3 is 0 Å². The van der Waals surface area contributed by atoms with E-state index in [4.69, 9.17) is 9.47 Å². The van der Waals surface area contributed by atoms with Gasteiger partial charge in [0.2, 0.25) is 0 Å². The van der Waals surface area contributed by atoms with Crippen molar-refractivity contribution in [1.29, 1.82) is 0 Å². The molecule has 0 aromatic heterocycles. The van der Waals surface area contributed by atoms with Crippen LogP contribution in [0.1, 0.15) is 33.3 Å². The summed E-state index contributed by atoms with van der Waals surface area (Å²) in [4.78, 5) is 12.4. The minimum absolute atomic E-state index is 0.000648. The standard InChI is InChI=1S/C25H29NO3/c1-18(29-22-15-9-11-19-10-5-6-12-20(19)22)24(27)26-16-17-28-23-14-8-7-13-21(23)25(2,3)4/h5-15,18H,16-17H2,1-4H3,(H,26,27). The smallest absolute Gasteiger partial charge is 0.260 e. The van der Waals surface area contributed by atoms with E-state index < -0.39 is 6.10 Å². The Morgan fingerprint density at radius 2 is 1.59 bits per heavy atom. The van der Waals surface area contributed by atoms with Crippen LogP contribution in [0.25, 0.3) is 10.8 Å². The van der Waals surface area contributed by atoms with Crippen LogP contribution >= 0.6 is 0 Å². The molecule has 3 aromatic rings. The van der Waals surface area contributed by atoms with Gasteiger partial charge in [-0.25, -0.2) is 0 Å². The summed E-state index contributed by atoms with van der Waals surface area (Å²) >= 11 is 0. The number of benzene rings is 3. The van der Waals surface area contributed by atoms with Crippen molar-refractivity contribution in [2.75, 3.05) is 13.2 Å². The third kappa shape index (κ3) is 5.29. The molecule has 0 fully saturated rings. The van der Waals surface area contributed by atoms with Crippen LogP contribution in [0.5, 0.6) is 11.5 Å². The van der Waals surface area contributed by atoms with Crippen LogP contribution in [-0.2, 0) is 10.2 Å². The van der Waals surface area contributed by atoms with Gasteiger partial charge in [-0.3, -0.25) is 4.79 Å². The summed E-state index contributed by atoms with van der Waals surface area (Å²) in [6, 6.07) is 21.8. The van der Waals surface area contributed by atoms with E-state index in [1.165, 1.54) is 0 Å². The fraction of sp³-hybridized carbons (Fsp3) is 0.320. The van der Waals surface area contributed by atoms with Crippen molar-refractivity contribution in [3.8, 4) is 11.5 Å². The Labute approximate surface area is 172 Å². The highest BCUT2D eigenvalue weighted by Crippen LogP contribution is 2.30. The molecular weight excluding hydrogens is 362 g/mol. The van der Waals surface area contributed by atoms with E-state index in [1.54, 1.807) is 6.92 Å². The van der Waals surface area contributed by atoms with Crippen molar-refractivity contribution in [1.82, 2.24) is 5.32 Å². The molecule has 0 saturated carbocycles. The maximum Gasteiger partial charge on any atom is 0.260 e. The van der Waals surface area contributed by atoms with Gasteiger partial charge in [0.1, 0.15) is 18.1 Å². The second-order valence-corrected chi connectivity index (χ2v) is 8.12. The Hall–Kier alpha value is -3.01. The maximum absolute atomic E-state index is 12.4. The fourth-order valence-corrected chi connectivity index (χ4v) is 3.23. The van der Waals surface area contributed by atoms with E-state index in [2.05, 4.69) is 32.2 Å². The van der Waals surface area contributed by atoms with Gasteiger partial charge in [-0.2, -0.15) is 0 Å². The Morgan fingerprint density at radius 1 is 0.931 bits per heavy atom. The number of carbonyl (C=O) groups excluding carboxylic acids is 1. The first-order chi connectivity index (χ1) is 13.9. The summed E-state index contributed by atoms with van der Waals surface area (Å²) < 4.78 is 11.8. The summed E-state index contributed by atoms with van der Waals surface area (Å²) in [5.41, 5.74) is 1.15. The molecule has 1 unspecified atom stereocenters. The Balaban J connectivity index is 1.52. The summed E-state index contributed by atoms with van der Waals surface area (Å²) in [6.07, 6.45) is -0.595. The average molecular weight is 392 g/mol. The molecular formula is C25H29NO3. The minimum Gasteiger partial charge on any atom is -0.491 e. The number of rotatable bonds is 7. The SMILES string of the molecule is CC(Oc1cccc2ccccc12)C(=O)NCCOc1ccccc1C(C)(C)C. The number of nitrogens with one attached hydrogen (secondary N) is 1. The largest absolute Gasteiger partial charge is 0.491 e. The quantitative estimate of drug-likeness (QED) is 0.570. The lowest BCUT2D eigenvalue weighted by atomic mass is 9.86. The number of amides is 1. The van der Waals surface area contributed by atoms with Crippen LogP contribution < -0.4 is 14.8 Å². The van der Waals surface area contributed by atoms with Crippen LogP contribution in [0.4, 0.5) is 0 Å². The van der Waals surface area contributed by atoms with Crippen molar-refractivity contribution in [3.63, 3.8) is 0 Å². The van der Waals surface area contributed by atoms with E-state index in [0.717, 1.165) is 22.1 Å². The van der Waals surface area contributed by atoms with E-state index in [0.29, 0.717) is 18.9 Å². The predicted octanol–water partition coefficient (Wildman–Crippen LogP) is 5.10. The molecule has 4 heteroatoms. The third-order valence-corrected chi connectivity index (χ3v) is 4.78. The molecule has 0 aliphatic heterocycles. The first kappa shape index (κ1) is 20.7. The molecule has 0 saturated heterocycles. The average Bonchev–Trinajstić information content (AvgIpc) is 2.71. The number of hydrogen-bond acceptors (Lipinski definition) is 3. The monoisotopic (exact) mass is 391 g/mol. The highest BCUT2D eigenvalue weighted by molar-refractivity contribution is 5.89. The lowest BCUT2D eigenvalue weighted by molar-refractivity contribution is -0.127. The van der Waals surface area contributed by atoms with Crippen LogP contribution in [0.2, 0.25) is 0 Å². The molecule has 1 amide bonds. The molecule has 3 rings (SSSR count). The van der Waals surface area contributed by atoms with Crippen LogP contribution in [-0.4, -0.2) is 25.2 Å². The predicted molar refractivity (Wildman–Crippen MR) is 118 cm³/mol. The van der Waals surface area contributed by atoms with Crippen molar-refractivity contribution in [2.45, 2.75) is 39.2 Å². The molecule has 0 aliphatic rings. The Morgan fingerprint density at radius 3 is 2.38 bits per heavy atom. The Kier molecular flexibility index (Phi) is 6.42. The van der Waals surface area contributed by atoms with Crippen molar-refractivity contribution in [2.24, 2.45) is 0 Å². The molecule has 3 aromatic carbocycles. The number of hydrogen-bond donors (Lipinski definition) is 1. The van der Waals surface area contributed by atoms with Crippen LogP contribution in [0.15, 0.2) is 66.7 Å². The summed E-state index contributed by atoms with van der Waals surface area (Å²) in [5.74, 6) is 1.40. The number of para-hydroxylation sites is 1. The van der Waals surface area contributed by atoms with Gasteiger partial charge in [-0.05, 0) is 35.4 Å². The minimum atomic E-state index is -0.595. The summed E-state index contributed by atoms with van der Waals surface area (Å²) in [5, 5.41) is 4.97. The van der Waals surface area contributed by atoms with Gasteiger partial charge in [0.05, 0.1) is 6.54 Å². The molecule has 4 nitrogen and oxygen atoms in total. The molecule has 0 radical (unpaired) electrons. The fourth-order valence-electron chi connectivity index (χ4n) is 3.23. The van der Waals surface area contributed by atoms with E-state index in [9.17, 15) is 4.79 Å². The second-order valence-electron chi connectivity index (χ2n) is 8.12. The molecule has 0 spiro atoms. The van der Waals surface area contributed by atoms with Gasteiger partial charge < -0.3 is 14.8 Å². The third-order valence-electron chi connectivity index (χ3n) is 4.78. The molecule has 0 bridgehead atoms. The topological polar surface area (TPSA) is 47.6 Å². The highest BCUT2D eigenvalue weighted by atomic mass is 16.5. The molecule has 0 heterocycles. The van der Waals surface area contributed by atoms with E-state index >= 15 is 0 Å². The maximum atomic E-state index is 12.4. The zero-order valence-electron chi connectivity index (χ0n) is 17.6. The van der Waals surface area contributed by atoms with Gasteiger partial charge in [-0.1, -0.05) is 75.4 Å². The lowest BCUT2D eigenvalue weighted by Gasteiger charge is -2.22. The van der Waals surface area contributed by atoms with E-state index in [1.807, 2.05) is 60.7 Å². The van der Waals surface area contributed by atoms with Crippen molar-refractivity contribution in [3.05, 3.63) is 72.3 Å². The first-order valence-electron chi connectivity index (χ1n) is 10.0. The zero-order valence-corrected chi connectivity index (χ0v) is 17.6. The van der Waals surface area contributed by atoms with E-state index in [-0.39, 0.29) is 11.3 Å². The molecule has 1 atom stereocenters. The normalized spacial score (nSPS) is 12.4. The molecule has 1 N–H and O–H groups in total. The second kappa shape index (κ2) is 8.99. The number of carbonyl (C=O) groups is 1. The zero-order chi connectivity index (χ0) is 20.9. The van der Waals surface area contributed by atoms with Gasteiger partial charge in [-0.15, -0.1) is 0 Å². The van der Waals surface area contributed by atoms with Gasteiger partial charge in [0.25, 0.3) is 5.91 Å². The number of fused-ring (bicyclic) bond motifs is 1.